The van der Waals surface area contributed by atoms with E-state index in [9.17, 15) is 0 Å². The Hall–Kier alpha value is -0.810. The maximum atomic E-state index is 5.94. The van der Waals surface area contributed by atoms with Crippen molar-refractivity contribution in [2.45, 2.75) is 56.5 Å². The fourth-order valence-electron chi connectivity index (χ4n) is 4.32. The summed E-state index contributed by atoms with van der Waals surface area (Å²) in [4.78, 5) is 2.67. The van der Waals surface area contributed by atoms with Crippen LogP contribution in [0.15, 0.2) is 24.3 Å². The maximum Gasteiger partial charge on any atom is 0.0488 e. The zero-order valence-electron chi connectivity index (χ0n) is 13.9. The second-order valence-electron chi connectivity index (χ2n) is 7.03. The van der Waals surface area contributed by atoms with Crippen molar-refractivity contribution in [1.29, 1.82) is 0 Å². The molecule has 1 aromatic rings. The Kier molecular flexibility index (Phi) is 5.81. The Morgan fingerprint density at radius 2 is 1.91 bits per heavy atom. The lowest BCUT2D eigenvalue weighted by Gasteiger charge is -2.52. The van der Waals surface area contributed by atoms with Crippen LogP contribution < -0.4 is 16.6 Å². The number of nitrogens with two attached hydrogens (primary N) is 1. The molecule has 2 aliphatic rings. The first kappa shape index (κ1) is 17.0. The van der Waals surface area contributed by atoms with Gasteiger partial charge in [0.1, 0.15) is 0 Å². The van der Waals surface area contributed by atoms with Crippen LogP contribution in [0.5, 0.6) is 0 Å². The molecule has 1 aromatic carbocycles. The molecule has 1 aliphatic carbocycles. The Balaban J connectivity index is 1.60. The van der Waals surface area contributed by atoms with Crippen molar-refractivity contribution >= 4 is 17.3 Å². The number of hydrazine groups is 1. The lowest BCUT2D eigenvalue weighted by atomic mass is 9.73. The highest BCUT2D eigenvalue weighted by atomic mass is 35.5. The quantitative estimate of drug-likeness (QED) is 0.721. The topological polar surface area (TPSA) is 53.3 Å². The molecule has 4 N–H and O–H groups in total. The molecule has 0 amide bonds. The van der Waals surface area contributed by atoms with Crippen LogP contribution in [0, 0.1) is 0 Å². The third-order valence-electron chi connectivity index (χ3n) is 5.49. The SMILES string of the molecule is NCCN1CCC(NNc2ccc(Cl)cc2)CC12CCCCC2. The summed E-state index contributed by atoms with van der Waals surface area (Å²) >= 11 is 5.94. The first-order chi connectivity index (χ1) is 11.2. The molecule has 0 aromatic heterocycles. The second-order valence-corrected chi connectivity index (χ2v) is 7.46. The molecule has 3 rings (SSSR count). The predicted molar refractivity (Wildman–Crippen MR) is 97.7 cm³/mol. The van der Waals surface area contributed by atoms with E-state index in [0.29, 0.717) is 11.6 Å². The molecule has 1 saturated heterocycles. The molecular formula is C18H29ClN4. The molecule has 1 spiro atoms. The number of likely N-dealkylation sites (tertiary alicyclic amines) is 1. The van der Waals surface area contributed by atoms with E-state index in [-0.39, 0.29) is 0 Å². The van der Waals surface area contributed by atoms with E-state index in [1.807, 2.05) is 24.3 Å². The van der Waals surface area contributed by atoms with Crippen molar-refractivity contribution in [2.75, 3.05) is 25.1 Å². The molecule has 1 atom stereocenters. The van der Waals surface area contributed by atoms with Crippen LogP contribution in [0.2, 0.25) is 5.02 Å². The maximum absolute atomic E-state index is 5.94. The summed E-state index contributed by atoms with van der Waals surface area (Å²) in [7, 11) is 0. The van der Waals surface area contributed by atoms with E-state index in [2.05, 4.69) is 15.8 Å². The number of nitrogens with one attached hydrogen (secondary N) is 2. The van der Waals surface area contributed by atoms with E-state index in [1.54, 1.807) is 0 Å². The number of nitrogens with zero attached hydrogens (tertiary/aromatic N) is 1. The first-order valence-corrected chi connectivity index (χ1v) is 9.32. The fourth-order valence-corrected chi connectivity index (χ4v) is 4.44. The van der Waals surface area contributed by atoms with Gasteiger partial charge in [0.05, 0.1) is 0 Å². The molecule has 1 heterocycles. The van der Waals surface area contributed by atoms with Crippen LogP contribution in [-0.2, 0) is 0 Å². The van der Waals surface area contributed by atoms with Gasteiger partial charge in [0.25, 0.3) is 0 Å². The average molecular weight is 337 g/mol. The summed E-state index contributed by atoms with van der Waals surface area (Å²) in [6.45, 7) is 2.96. The van der Waals surface area contributed by atoms with E-state index in [4.69, 9.17) is 17.3 Å². The van der Waals surface area contributed by atoms with Gasteiger partial charge in [-0.3, -0.25) is 4.90 Å². The largest absolute Gasteiger partial charge is 0.329 e. The smallest absolute Gasteiger partial charge is 0.0488 e. The lowest BCUT2D eigenvalue weighted by molar-refractivity contribution is 0.00494. The van der Waals surface area contributed by atoms with E-state index < -0.39 is 0 Å². The van der Waals surface area contributed by atoms with Crippen molar-refractivity contribution in [3.05, 3.63) is 29.3 Å². The zero-order valence-corrected chi connectivity index (χ0v) is 14.6. The summed E-state index contributed by atoms with van der Waals surface area (Å²) in [6.07, 6.45) is 9.14. The number of hydrogen-bond donors (Lipinski definition) is 3. The van der Waals surface area contributed by atoms with Gasteiger partial charge in [-0.05, 0) is 49.9 Å². The highest BCUT2D eigenvalue weighted by Gasteiger charge is 2.42. The van der Waals surface area contributed by atoms with Gasteiger partial charge in [-0.25, -0.2) is 5.43 Å². The Morgan fingerprint density at radius 1 is 1.17 bits per heavy atom. The molecule has 4 nitrogen and oxygen atoms in total. The number of anilines is 1. The second kappa shape index (κ2) is 7.84. The van der Waals surface area contributed by atoms with Crippen LogP contribution in [0.4, 0.5) is 5.69 Å². The minimum Gasteiger partial charge on any atom is -0.329 e. The summed E-state index contributed by atoms with van der Waals surface area (Å²) in [6, 6.07) is 8.36. The first-order valence-electron chi connectivity index (χ1n) is 8.94. The van der Waals surface area contributed by atoms with Crippen LogP contribution in [-0.4, -0.2) is 36.1 Å². The van der Waals surface area contributed by atoms with Crippen LogP contribution >= 0.6 is 11.6 Å². The minimum absolute atomic E-state index is 0.370. The summed E-state index contributed by atoms with van der Waals surface area (Å²) in [5.41, 5.74) is 14.2. The van der Waals surface area contributed by atoms with E-state index in [0.717, 1.165) is 30.3 Å². The summed E-state index contributed by atoms with van der Waals surface area (Å²) < 4.78 is 0. The van der Waals surface area contributed by atoms with Gasteiger partial charge in [-0.2, -0.15) is 0 Å². The molecule has 0 bridgehead atoms. The number of piperidine rings is 1. The Bertz CT molecular complexity index is 484. The fraction of sp³-hybridized carbons (Fsp3) is 0.667. The monoisotopic (exact) mass is 336 g/mol. The molecule has 1 saturated carbocycles. The van der Waals surface area contributed by atoms with Gasteiger partial charge >= 0.3 is 0 Å². The number of hydrogen-bond acceptors (Lipinski definition) is 4. The van der Waals surface area contributed by atoms with Gasteiger partial charge in [-0.15, -0.1) is 0 Å². The molecule has 1 aliphatic heterocycles. The number of benzene rings is 1. The minimum atomic E-state index is 0.370. The molecular weight excluding hydrogens is 308 g/mol. The van der Waals surface area contributed by atoms with E-state index >= 15 is 0 Å². The molecule has 23 heavy (non-hydrogen) atoms. The van der Waals surface area contributed by atoms with Gasteiger partial charge in [-0.1, -0.05) is 30.9 Å². The molecule has 1 unspecified atom stereocenters. The summed E-state index contributed by atoms with van der Waals surface area (Å²) in [5.74, 6) is 0. The molecule has 2 fully saturated rings. The third kappa shape index (κ3) is 4.18. The number of rotatable bonds is 5. The third-order valence-corrected chi connectivity index (χ3v) is 5.74. The average Bonchev–Trinajstić information content (AvgIpc) is 2.58. The van der Waals surface area contributed by atoms with Gasteiger partial charge < -0.3 is 11.2 Å². The zero-order chi connectivity index (χ0) is 16.1. The van der Waals surface area contributed by atoms with E-state index in [1.165, 1.54) is 44.9 Å². The van der Waals surface area contributed by atoms with Gasteiger partial charge in [0.15, 0.2) is 0 Å². The normalized spacial score (nSPS) is 24.7. The lowest BCUT2D eigenvalue weighted by Crippen LogP contribution is -2.60. The van der Waals surface area contributed by atoms with Crippen molar-refractivity contribution in [3.8, 4) is 0 Å². The molecule has 128 valence electrons. The van der Waals surface area contributed by atoms with Crippen molar-refractivity contribution < 1.29 is 0 Å². The van der Waals surface area contributed by atoms with Gasteiger partial charge in [0.2, 0.25) is 0 Å². The van der Waals surface area contributed by atoms with Crippen LogP contribution in [0.3, 0.4) is 0 Å². The molecule has 5 heteroatoms. The van der Waals surface area contributed by atoms with Crippen molar-refractivity contribution in [2.24, 2.45) is 5.73 Å². The standard InChI is InChI=1S/C18H29ClN4/c19-15-4-6-16(7-5-15)21-22-17-8-12-23(13-11-20)18(14-17)9-2-1-3-10-18/h4-7,17,21-22H,1-3,8-14,20H2. The number of halogens is 1. The van der Waals surface area contributed by atoms with Crippen molar-refractivity contribution in [3.63, 3.8) is 0 Å². The van der Waals surface area contributed by atoms with Crippen molar-refractivity contribution in [1.82, 2.24) is 10.3 Å². The highest BCUT2D eigenvalue weighted by molar-refractivity contribution is 6.30. The summed E-state index contributed by atoms with van der Waals surface area (Å²) in [5, 5.41) is 0.770. The van der Waals surface area contributed by atoms with Crippen LogP contribution in [0.1, 0.15) is 44.9 Å². The predicted octanol–water partition coefficient (Wildman–Crippen LogP) is 3.38. The molecule has 0 radical (unpaired) electrons. The van der Waals surface area contributed by atoms with Crippen LogP contribution in [0.25, 0.3) is 0 Å². The Morgan fingerprint density at radius 3 is 2.61 bits per heavy atom. The Labute approximate surface area is 144 Å². The van der Waals surface area contributed by atoms with Gasteiger partial charge in [0, 0.05) is 41.9 Å². The highest BCUT2D eigenvalue weighted by Crippen LogP contribution is 2.40.